The molecule has 4 aromatic carbocycles. The van der Waals surface area contributed by atoms with Crippen molar-refractivity contribution in [3.05, 3.63) is 84.9 Å². The fraction of sp³-hybridized carbons (Fsp3) is 0.167. The quantitative estimate of drug-likeness (QED) is 0.380. The molecular weight excluding hydrogens is 416 g/mol. The van der Waals surface area contributed by atoms with Crippen LogP contribution in [0.2, 0.25) is 0 Å². The van der Waals surface area contributed by atoms with Crippen LogP contribution in [-0.4, -0.2) is 28.3 Å². The molecule has 0 atom stereocenters. The number of rotatable bonds is 7. The summed E-state index contributed by atoms with van der Waals surface area (Å²) in [7, 11) is -6.92. The fourth-order valence-electron chi connectivity index (χ4n) is 3.54. The fourth-order valence-corrected chi connectivity index (χ4v) is 6.35. The van der Waals surface area contributed by atoms with Gasteiger partial charge in [-0.2, -0.15) is 0 Å². The minimum atomic E-state index is -3.46. The van der Waals surface area contributed by atoms with Crippen LogP contribution in [0.1, 0.15) is 12.8 Å². The monoisotopic (exact) mass is 438 g/mol. The number of fused-ring (bicyclic) bond motifs is 2. The SMILES string of the molecule is O=S(=O)(CCCCS(=O)(=O)c1ccc2ccccc2c1)c1ccc2ccccc2c1. The summed E-state index contributed by atoms with van der Waals surface area (Å²) in [4.78, 5) is 0.553. The third-order valence-corrected chi connectivity index (χ3v) is 8.83. The maximum absolute atomic E-state index is 12.7. The van der Waals surface area contributed by atoms with Gasteiger partial charge in [-0.05, 0) is 58.7 Å². The van der Waals surface area contributed by atoms with Crippen molar-refractivity contribution in [3.63, 3.8) is 0 Å². The van der Waals surface area contributed by atoms with E-state index in [4.69, 9.17) is 0 Å². The molecule has 30 heavy (non-hydrogen) atoms. The molecule has 0 aliphatic carbocycles. The third-order valence-electron chi connectivity index (χ3n) is 5.24. The van der Waals surface area contributed by atoms with Crippen LogP contribution in [0.25, 0.3) is 21.5 Å². The molecule has 6 heteroatoms. The summed E-state index contributed by atoms with van der Waals surface area (Å²) in [6, 6.07) is 25.4. The second kappa shape index (κ2) is 8.20. The predicted octanol–water partition coefficient (Wildman–Crippen LogP) is 5.02. The van der Waals surface area contributed by atoms with Crippen LogP contribution < -0.4 is 0 Å². The van der Waals surface area contributed by atoms with Crippen molar-refractivity contribution in [2.24, 2.45) is 0 Å². The first-order valence-electron chi connectivity index (χ1n) is 9.78. The maximum Gasteiger partial charge on any atom is 0.178 e. The van der Waals surface area contributed by atoms with Crippen molar-refractivity contribution >= 4 is 41.2 Å². The second-order valence-electron chi connectivity index (χ2n) is 7.36. The van der Waals surface area contributed by atoms with Crippen molar-refractivity contribution in [2.75, 3.05) is 11.5 Å². The molecule has 0 saturated heterocycles. The highest BCUT2D eigenvalue weighted by molar-refractivity contribution is 7.91. The van der Waals surface area contributed by atoms with E-state index in [0.717, 1.165) is 21.5 Å². The summed E-state index contributed by atoms with van der Waals surface area (Å²) in [5, 5.41) is 3.71. The van der Waals surface area contributed by atoms with Gasteiger partial charge in [-0.3, -0.25) is 0 Å². The number of hydrogen-bond donors (Lipinski definition) is 0. The van der Waals surface area contributed by atoms with E-state index in [-0.39, 0.29) is 21.3 Å². The minimum Gasteiger partial charge on any atom is -0.224 e. The number of hydrogen-bond acceptors (Lipinski definition) is 4. The van der Waals surface area contributed by atoms with E-state index in [2.05, 4.69) is 0 Å². The maximum atomic E-state index is 12.7. The van der Waals surface area contributed by atoms with Gasteiger partial charge in [0.25, 0.3) is 0 Å². The smallest absolute Gasteiger partial charge is 0.178 e. The molecule has 4 nitrogen and oxygen atoms in total. The molecule has 0 aliphatic heterocycles. The average molecular weight is 439 g/mol. The summed E-state index contributed by atoms with van der Waals surface area (Å²) in [6.07, 6.45) is 0.587. The molecule has 0 fully saturated rings. The zero-order valence-electron chi connectivity index (χ0n) is 16.4. The molecule has 0 saturated carbocycles. The Kier molecular flexibility index (Phi) is 5.62. The molecule has 0 heterocycles. The van der Waals surface area contributed by atoms with Crippen molar-refractivity contribution < 1.29 is 16.8 Å². The lowest BCUT2D eigenvalue weighted by molar-refractivity contribution is 0.585. The van der Waals surface area contributed by atoms with Gasteiger partial charge in [0.1, 0.15) is 0 Å². The highest BCUT2D eigenvalue weighted by Crippen LogP contribution is 2.22. The lowest BCUT2D eigenvalue weighted by Crippen LogP contribution is -2.11. The van der Waals surface area contributed by atoms with E-state index in [1.807, 2.05) is 48.5 Å². The lowest BCUT2D eigenvalue weighted by Gasteiger charge is -2.08. The van der Waals surface area contributed by atoms with Crippen LogP contribution in [0.3, 0.4) is 0 Å². The Labute approximate surface area is 177 Å². The van der Waals surface area contributed by atoms with Crippen LogP contribution in [0.15, 0.2) is 94.7 Å². The highest BCUT2D eigenvalue weighted by Gasteiger charge is 2.18. The Morgan fingerprint density at radius 1 is 0.467 bits per heavy atom. The Morgan fingerprint density at radius 2 is 0.833 bits per heavy atom. The molecule has 0 N–H and O–H groups in total. The first kappa shape index (κ1) is 20.6. The van der Waals surface area contributed by atoms with Crippen molar-refractivity contribution in [3.8, 4) is 0 Å². The molecule has 0 bridgehead atoms. The van der Waals surface area contributed by atoms with Crippen LogP contribution in [0.4, 0.5) is 0 Å². The number of unbranched alkanes of at least 4 members (excludes halogenated alkanes) is 1. The van der Waals surface area contributed by atoms with Crippen molar-refractivity contribution in [2.45, 2.75) is 22.6 Å². The summed E-state index contributed by atoms with van der Waals surface area (Å²) < 4.78 is 50.7. The van der Waals surface area contributed by atoms with Gasteiger partial charge in [-0.25, -0.2) is 16.8 Å². The van der Waals surface area contributed by atoms with E-state index in [1.165, 1.54) is 0 Å². The molecule has 0 spiro atoms. The van der Waals surface area contributed by atoms with Gasteiger partial charge in [0.05, 0.1) is 21.3 Å². The normalized spacial score (nSPS) is 12.4. The Bertz CT molecular complexity index is 1310. The van der Waals surface area contributed by atoms with Crippen molar-refractivity contribution in [1.29, 1.82) is 0 Å². The van der Waals surface area contributed by atoms with E-state index in [1.54, 1.807) is 36.4 Å². The zero-order valence-corrected chi connectivity index (χ0v) is 18.0. The van der Waals surface area contributed by atoms with Gasteiger partial charge in [-0.15, -0.1) is 0 Å². The average Bonchev–Trinajstić information content (AvgIpc) is 2.76. The Morgan fingerprint density at radius 3 is 1.23 bits per heavy atom. The molecule has 0 radical (unpaired) electrons. The van der Waals surface area contributed by atoms with Gasteiger partial charge in [0.2, 0.25) is 0 Å². The molecule has 154 valence electrons. The molecule has 0 aliphatic rings. The van der Waals surface area contributed by atoms with Gasteiger partial charge < -0.3 is 0 Å². The van der Waals surface area contributed by atoms with Crippen LogP contribution in [0, 0.1) is 0 Å². The zero-order chi connectivity index (χ0) is 21.2. The van der Waals surface area contributed by atoms with Crippen LogP contribution in [-0.2, 0) is 19.7 Å². The topological polar surface area (TPSA) is 68.3 Å². The summed E-state index contributed by atoms with van der Waals surface area (Å²) >= 11 is 0. The molecule has 0 amide bonds. The Hall–Kier alpha value is -2.70. The van der Waals surface area contributed by atoms with Gasteiger partial charge in [-0.1, -0.05) is 60.7 Å². The lowest BCUT2D eigenvalue weighted by atomic mass is 10.1. The first-order chi connectivity index (χ1) is 14.4. The second-order valence-corrected chi connectivity index (χ2v) is 11.6. The molecule has 4 rings (SSSR count). The van der Waals surface area contributed by atoms with E-state index >= 15 is 0 Å². The third kappa shape index (κ3) is 4.40. The van der Waals surface area contributed by atoms with Crippen LogP contribution in [0.5, 0.6) is 0 Å². The van der Waals surface area contributed by atoms with E-state index < -0.39 is 19.7 Å². The molecule has 0 aromatic heterocycles. The molecule has 0 unspecified atom stereocenters. The highest BCUT2D eigenvalue weighted by atomic mass is 32.2. The Balaban J connectivity index is 1.41. The summed E-state index contributed by atoms with van der Waals surface area (Å²) in [5.41, 5.74) is 0. The molecule has 4 aromatic rings. The predicted molar refractivity (Wildman–Crippen MR) is 121 cm³/mol. The standard InChI is InChI=1S/C24H22O4S2/c25-29(26,23-13-11-19-7-1-3-9-21(19)17-23)15-5-6-16-30(27,28)24-14-12-20-8-2-4-10-22(20)18-24/h1-4,7-14,17-18H,5-6,15-16H2. The summed E-state index contributed by atoms with van der Waals surface area (Å²) in [5.74, 6) is -0.142. The van der Waals surface area contributed by atoms with Crippen LogP contribution >= 0.6 is 0 Å². The van der Waals surface area contributed by atoms with Gasteiger partial charge in [0, 0.05) is 0 Å². The first-order valence-corrected chi connectivity index (χ1v) is 13.1. The molecular formula is C24H22O4S2. The van der Waals surface area contributed by atoms with E-state index in [9.17, 15) is 16.8 Å². The van der Waals surface area contributed by atoms with Crippen molar-refractivity contribution in [1.82, 2.24) is 0 Å². The van der Waals surface area contributed by atoms with E-state index in [0.29, 0.717) is 12.8 Å². The summed E-state index contributed by atoms with van der Waals surface area (Å²) in [6.45, 7) is 0. The minimum absolute atomic E-state index is 0.0709. The van der Waals surface area contributed by atoms with Gasteiger partial charge >= 0.3 is 0 Å². The largest absolute Gasteiger partial charge is 0.224 e. The van der Waals surface area contributed by atoms with Gasteiger partial charge in [0.15, 0.2) is 19.7 Å². The number of sulfone groups is 2. The number of benzene rings is 4.